The number of phenols is 1. The maximum absolute atomic E-state index is 12.3. The standard InChI is InChI=1S/C19H19N5O3/c1-12-3-8-16(17(25)9-12)19(27)23-15-6-4-14(5-7-15)22-18(26)13(2)24-11-20-10-21-24/h3-11,13,25H,1-2H3,(H,22,26)(H,23,27). The van der Waals surface area contributed by atoms with Gasteiger partial charge in [-0.1, -0.05) is 6.07 Å². The van der Waals surface area contributed by atoms with Crippen LogP contribution in [0.25, 0.3) is 0 Å². The third kappa shape index (κ3) is 4.30. The van der Waals surface area contributed by atoms with Gasteiger partial charge < -0.3 is 15.7 Å². The minimum Gasteiger partial charge on any atom is -0.507 e. The van der Waals surface area contributed by atoms with Gasteiger partial charge in [-0.15, -0.1) is 0 Å². The zero-order valence-corrected chi connectivity index (χ0v) is 14.9. The van der Waals surface area contributed by atoms with E-state index in [-0.39, 0.29) is 17.2 Å². The van der Waals surface area contributed by atoms with Crippen LogP contribution >= 0.6 is 0 Å². The van der Waals surface area contributed by atoms with Crippen molar-refractivity contribution in [3.05, 3.63) is 66.2 Å². The fraction of sp³-hybridized carbons (Fsp3) is 0.158. The van der Waals surface area contributed by atoms with Crippen LogP contribution in [0.2, 0.25) is 0 Å². The van der Waals surface area contributed by atoms with Crippen LogP contribution in [0.3, 0.4) is 0 Å². The summed E-state index contributed by atoms with van der Waals surface area (Å²) in [7, 11) is 0. The van der Waals surface area contributed by atoms with Gasteiger partial charge in [-0.25, -0.2) is 9.67 Å². The van der Waals surface area contributed by atoms with Crippen molar-refractivity contribution in [2.24, 2.45) is 0 Å². The summed E-state index contributed by atoms with van der Waals surface area (Å²) >= 11 is 0. The molecule has 1 unspecified atom stereocenters. The van der Waals surface area contributed by atoms with Crippen molar-refractivity contribution in [2.75, 3.05) is 10.6 Å². The molecule has 0 aliphatic carbocycles. The van der Waals surface area contributed by atoms with Crippen molar-refractivity contribution >= 4 is 23.2 Å². The Labute approximate surface area is 155 Å². The quantitative estimate of drug-likeness (QED) is 0.644. The second kappa shape index (κ2) is 7.69. The molecule has 27 heavy (non-hydrogen) atoms. The molecule has 2 amide bonds. The third-order valence-electron chi connectivity index (χ3n) is 4.02. The van der Waals surface area contributed by atoms with Crippen molar-refractivity contribution in [1.82, 2.24) is 14.8 Å². The SMILES string of the molecule is Cc1ccc(C(=O)Nc2ccc(NC(=O)C(C)n3cncn3)cc2)c(O)c1. The molecule has 1 aromatic heterocycles. The van der Waals surface area contributed by atoms with Crippen LogP contribution in [0.15, 0.2) is 55.1 Å². The number of nitrogens with one attached hydrogen (secondary N) is 2. The lowest BCUT2D eigenvalue weighted by Gasteiger charge is -2.13. The van der Waals surface area contributed by atoms with E-state index in [4.69, 9.17) is 0 Å². The Bertz CT molecular complexity index is 952. The molecule has 138 valence electrons. The number of nitrogens with zero attached hydrogens (tertiary/aromatic N) is 3. The van der Waals surface area contributed by atoms with E-state index in [2.05, 4.69) is 20.7 Å². The largest absolute Gasteiger partial charge is 0.507 e. The molecule has 0 radical (unpaired) electrons. The van der Waals surface area contributed by atoms with Gasteiger partial charge in [0.2, 0.25) is 5.91 Å². The van der Waals surface area contributed by atoms with Crippen LogP contribution in [-0.4, -0.2) is 31.7 Å². The van der Waals surface area contributed by atoms with Crippen LogP contribution in [-0.2, 0) is 4.79 Å². The summed E-state index contributed by atoms with van der Waals surface area (Å²) in [5, 5.41) is 19.3. The predicted molar refractivity (Wildman–Crippen MR) is 101 cm³/mol. The van der Waals surface area contributed by atoms with E-state index >= 15 is 0 Å². The van der Waals surface area contributed by atoms with Gasteiger partial charge in [-0.05, 0) is 55.8 Å². The summed E-state index contributed by atoms with van der Waals surface area (Å²) in [6.45, 7) is 3.55. The molecule has 1 heterocycles. The third-order valence-corrected chi connectivity index (χ3v) is 4.02. The number of amides is 2. The number of aryl methyl sites for hydroxylation is 1. The predicted octanol–water partition coefficient (Wildman–Crippen LogP) is 2.74. The van der Waals surface area contributed by atoms with E-state index < -0.39 is 11.9 Å². The Morgan fingerprint density at radius 2 is 1.74 bits per heavy atom. The van der Waals surface area contributed by atoms with E-state index in [9.17, 15) is 14.7 Å². The number of aromatic nitrogens is 3. The molecule has 0 aliphatic rings. The Morgan fingerprint density at radius 1 is 1.07 bits per heavy atom. The Balaban J connectivity index is 1.63. The van der Waals surface area contributed by atoms with E-state index in [1.807, 2.05) is 6.92 Å². The summed E-state index contributed by atoms with van der Waals surface area (Å²) in [5.41, 5.74) is 2.19. The summed E-state index contributed by atoms with van der Waals surface area (Å²) in [6, 6.07) is 11.0. The number of anilines is 2. The molecule has 3 N–H and O–H groups in total. The monoisotopic (exact) mass is 365 g/mol. The highest BCUT2D eigenvalue weighted by molar-refractivity contribution is 6.06. The normalized spacial score (nSPS) is 11.6. The van der Waals surface area contributed by atoms with Crippen molar-refractivity contribution in [3.8, 4) is 5.75 Å². The minimum atomic E-state index is -0.503. The molecule has 3 aromatic rings. The Kier molecular flexibility index (Phi) is 5.16. The number of benzene rings is 2. The molecule has 1 atom stereocenters. The average Bonchev–Trinajstić information content (AvgIpc) is 3.17. The molecule has 0 saturated heterocycles. The number of carbonyl (C=O) groups is 2. The fourth-order valence-electron chi connectivity index (χ4n) is 2.45. The molecular weight excluding hydrogens is 346 g/mol. The van der Waals surface area contributed by atoms with E-state index in [0.29, 0.717) is 11.4 Å². The minimum absolute atomic E-state index is 0.0708. The van der Waals surface area contributed by atoms with Gasteiger partial charge in [0.25, 0.3) is 5.91 Å². The van der Waals surface area contributed by atoms with Crippen molar-refractivity contribution in [3.63, 3.8) is 0 Å². The lowest BCUT2D eigenvalue weighted by molar-refractivity contribution is -0.119. The van der Waals surface area contributed by atoms with Crippen molar-refractivity contribution in [2.45, 2.75) is 19.9 Å². The Morgan fingerprint density at radius 3 is 2.33 bits per heavy atom. The first kappa shape index (κ1) is 18.1. The topological polar surface area (TPSA) is 109 Å². The van der Waals surface area contributed by atoms with Crippen LogP contribution in [0, 0.1) is 6.92 Å². The summed E-state index contributed by atoms with van der Waals surface area (Å²) in [5.74, 6) is -0.718. The molecule has 8 heteroatoms. The smallest absolute Gasteiger partial charge is 0.259 e. The van der Waals surface area contributed by atoms with Crippen LogP contribution < -0.4 is 10.6 Å². The molecule has 0 saturated carbocycles. The zero-order chi connectivity index (χ0) is 19.4. The van der Waals surface area contributed by atoms with Gasteiger partial charge in [-0.3, -0.25) is 9.59 Å². The maximum atomic E-state index is 12.3. The van der Waals surface area contributed by atoms with Gasteiger partial charge in [0.05, 0.1) is 5.56 Å². The lowest BCUT2D eigenvalue weighted by Crippen LogP contribution is -2.24. The average molecular weight is 365 g/mol. The maximum Gasteiger partial charge on any atom is 0.259 e. The van der Waals surface area contributed by atoms with E-state index in [1.165, 1.54) is 23.4 Å². The molecular formula is C19H19N5O3. The fourth-order valence-corrected chi connectivity index (χ4v) is 2.45. The summed E-state index contributed by atoms with van der Waals surface area (Å²) in [4.78, 5) is 28.3. The van der Waals surface area contributed by atoms with Crippen LogP contribution in [0.4, 0.5) is 11.4 Å². The van der Waals surface area contributed by atoms with Crippen molar-refractivity contribution in [1.29, 1.82) is 0 Å². The highest BCUT2D eigenvalue weighted by atomic mass is 16.3. The molecule has 2 aromatic carbocycles. The molecule has 0 aliphatic heterocycles. The van der Waals surface area contributed by atoms with Gasteiger partial charge >= 0.3 is 0 Å². The van der Waals surface area contributed by atoms with Crippen LogP contribution in [0.5, 0.6) is 5.75 Å². The Hall–Kier alpha value is -3.68. The van der Waals surface area contributed by atoms with Gasteiger partial charge in [0, 0.05) is 11.4 Å². The van der Waals surface area contributed by atoms with Gasteiger partial charge in [0.15, 0.2) is 0 Å². The molecule has 3 rings (SSSR count). The highest BCUT2D eigenvalue weighted by Crippen LogP contribution is 2.21. The second-order valence-electron chi connectivity index (χ2n) is 6.09. The number of hydrogen-bond donors (Lipinski definition) is 3. The van der Waals surface area contributed by atoms with Crippen LogP contribution in [0.1, 0.15) is 28.9 Å². The number of phenolic OH excluding ortho intramolecular Hbond substituents is 1. The summed E-state index contributed by atoms with van der Waals surface area (Å²) < 4.78 is 1.46. The first-order valence-electron chi connectivity index (χ1n) is 8.30. The molecule has 0 fully saturated rings. The zero-order valence-electron chi connectivity index (χ0n) is 14.9. The van der Waals surface area contributed by atoms with E-state index in [1.54, 1.807) is 43.3 Å². The highest BCUT2D eigenvalue weighted by Gasteiger charge is 2.16. The number of carbonyl (C=O) groups excluding carboxylic acids is 2. The number of rotatable bonds is 5. The first-order chi connectivity index (χ1) is 12.9. The second-order valence-corrected chi connectivity index (χ2v) is 6.09. The first-order valence-corrected chi connectivity index (χ1v) is 8.30. The molecule has 0 spiro atoms. The number of aromatic hydroxyl groups is 1. The van der Waals surface area contributed by atoms with Gasteiger partial charge in [0.1, 0.15) is 24.4 Å². The van der Waals surface area contributed by atoms with Crippen molar-refractivity contribution < 1.29 is 14.7 Å². The van der Waals surface area contributed by atoms with Gasteiger partial charge in [-0.2, -0.15) is 5.10 Å². The molecule has 0 bridgehead atoms. The van der Waals surface area contributed by atoms with E-state index in [0.717, 1.165) is 5.56 Å². The molecule has 8 nitrogen and oxygen atoms in total. The number of hydrogen-bond acceptors (Lipinski definition) is 5. The summed E-state index contributed by atoms with van der Waals surface area (Å²) in [6.07, 6.45) is 2.84. The lowest BCUT2D eigenvalue weighted by atomic mass is 10.1.